The summed E-state index contributed by atoms with van der Waals surface area (Å²) in [4.78, 5) is 6.24. The quantitative estimate of drug-likeness (QED) is 0.775. The first-order valence-corrected chi connectivity index (χ1v) is 6.73. The zero-order valence-corrected chi connectivity index (χ0v) is 12.6. The predicted molar refractivity (Wildman–Crippen MR) is 83.4 cm³/mol. The summed E-state index contributed by atoms with van der Waals surface area (Å²) >= 11 is 0. The van der Waals surface area contributed by atoms with Crippen LogP contribution in [0.25, 0.3) is 0 Å². The van der Waals surface area contributed by atoms with Gasteiger partial charge in [-0.05, 0) is 26.8 Å². The van der Waals surface area contributed by atoms with Gasteiger partial charge in [0, 0.05) is 30.7 Å². The lowest BCUT2D eigenvalue weighted by molar-refractivity contribution is 0.423. The molecule has 1 aromatic heterocycles. The van der Waals surface area contributed by atoms with Gasteiger partial charge in [-0.3, -0.25) is 0 Å². The van der Waals surface area contributed by atoms with E-state index in [1.54, 1.807) is 12.2 Å². The average molecular weight is 277 g/mol. The largest absolute Gasteiger partial charge is 0.349 e. The Morgan fingerprint density at radius 1 is 1.30 bits per heavy atom. The Balaban J connectivity index is 3.03. The molecule has 0 aliphatic heterocycles. The third kappa shape index (κ3) is 5.13. The molecule has 0 aliphatic carbocycles. The molecule has 0 radical (unpaired) electrons. The lowest BCUT2D eigenvalue weighted by Gasteiger charge is -2.26. The van der Waals surface area contributed by atoms with E-state index in [4.69, 9.17) is 0 Å². The number of nitrogens with zero attached hydrogens (tertiary/aromatic N) is 2. The molecular weight excluding hydrogens is 253 g/mol. The van der Waals surface area contributed by atoms with E-state index in [9.17, 15) is 4.39 Å². The highest BCUT2D eigenvalue weighted by Crippen LogP contribution is 2.19. The van der Waals surface area contributed by atoms with Gasteiger partial charge < -0.3 is 10.2 Å². The van der Waals surface area contributed by atoms with Crippen LogP contribution in [-0.2, 0) is 6.54 Å². The van der Waals surface area contributed by atoms with Crippen molar-refractivity contribution in [1.82, 2.24) is 10.3 Å². The highest BCUT2D eigenvalue weighted by molar-refractivity contribution is 5.48. The summed E-state index contributed by atoms with van der Waals surface area (Å²) in [5, 5.41) is 3.36. The fourth-order valence-electron chi connectivity index (χ4n) is 1.81. The van der Waals surface area contributed by atoms with Crippen LogP contribution in [-0.4, -0.2) is 23.6 Å². The van der Waals surface area contributed by atoms with Crippen molar-refractivity contribution in [2.75, 3.05) is 18.0 Å². The van der Waals surface area contributed by atoms with Crippen molar-refractivity contribution < 1.29 is 4.39 Å². The standard InChI is InChI=1S/C16H24FN3/c1-6-8-20(9-7-2)15-13(10-14(17)12-18-15)11-19-16(3,4)5/h6-7,10,12,19H,1-2,8-9,11H2,3-5H3. The molecule has 0 fully saturated rings. The third-order valence-electron chi connectivity index (χ3n) is 2.72. The first kappa shape index (κ1) is 16.4. The van der Waals surface area contributed by atoms with Gasteiger partial charge in [-0.2, -0.15) is 0 Å². The Morgan fingerprint density at radius 3 is 2.40 bits per heavy atom. The Kier molecular flexibility index (Phi) is 5.89. The summed E-state index contributed by atoms with van der Waals surface area (Å²) < 4.78 is 13.5. The molecule has 0 aromatic carbocycles. The molecule has 0 saturated carbocycles. The van der Waals surface area contributed by atoms with Crippen molar-refractivity contribution in [3.8, 4) is 0 Å². The minimum absolute atomic E-state index is 0.0364. The second kappa shape index (κ2) is 7.20. The summed E-state index contributed by atoms with van der Waals surface area (Å²) in [7, 11) is 0. The van der Waals surface area contributed by atoms with Crippen molar-refractivity contribution in [1.29, 1.82) is 0 Å². The maximum absolute atomic E-state index is 13.5. The second-order valence-electron chi connectivity index (χ2n) is 5.72. The van der Waals surface area contributed by atoms with E-state index < -0.39 is 0 Å². The third-order valence-corrected chi connectivity index (χ3v) is 2.72. The highest BCUT2D eigenvalue weighted by atomic mass is 19.1. The summed E-state index contributed by atoms with van der Waals surface area (Å²) in [5.74, 6) is 0.444. The van der Waals surface area contributed by atoms with Crippen LogP contribution in [0.15, 0.2) is 37.6 Å². The van der Waals surface area contributed by atoms with E-state index in [-0.39, 0.29) is 11.4 Å². The van der Waals surface area contributed by atoms with E-state index in [2.05, 4.69) is 44.2 Å². The van der Waals surface area contributed by atoms with Crippen molar-refractivity contribution >= 4 is 5.82 Å². The van der Waals surface area contributed by atoms with E-state index in [1.807, 2.05) is 4.90 Å². The van der Waals surface area contributed by atoms with Crippen LogP contribution in [0.4, 0.5) is 10.2 Å². The molecule has 0 amide bonds. The van der Waals surface area contributed by atoms with Gasteiger partial charge in [0.1, 0.15) is 11.6 Å². The molecule has 1 heterocycles. The predicted octanol–water partition coefficient (Wildman–Crippen LogP) is 3.29. The molecule has 20 heavy (non-hydrogen) atoms. The number of aromatic nitrogens is 1. The van der Waals surface area contributed by atoms with Gasteiger partial charge in [-0.15, -0.1) is 13.2 Å². The Bertz CT molecular complexity index is 453. The van der Waals surface area contributed by atoms with Crippen LogP contribution in [0.1, 0.15) is 26.3 Å². The lowest BCUT2D eigenvalue weighted by Crippen LogP contribution is -2.36. The van der Waals surface area contributed by atoms with Crippen molar-refractivity contribution in [2.24, 2.45) is 0 Å². The van der Waals surface area contributed by atoms with Crippen molar-refractivity contribution in [2.45, 2.75) is 32.9 Å². The SMILES string of the molecule is C=CCN(CC=C)c1ncc(F)cc1CNC(C)(C)C. The van der Waals surface area contributed by atoms with E-state index in [1.165, 1.54) is 12.3 Å². The van der Waals surface area contributed by atoms with Gasteiger partial charge in [-0.1, -0.05) is 12.2 Å². The van der Waals surface area contributed by atoms with E-state index >= 15 is 0 Å². The minimum atomic E-state index is -0.323. The van der Waals surface area contributed by atoms with Gasteiger partial charge in [0.05, 0.1) is 6.20 Å². The number of anilines is 1. The zero-order valence-electron chi connectivity index (χ0n) is 12.6. The molecule has 1 N–H and O–H groups in total. The normalized spacial score (nSPS) is 11.2. The Morgan fingerprint density at radius 2 is 1.90 bits per heavy atom. The summed E-state index contributed by atoms with van der Waals surface area (Å²) in [5.41, 5.74) is 0.800. The number of halogens is 1. The molecule has 0 spiro atoms. The van der Waals surface area contributed by atoms with Crippen molar-refractivity contribution in [3.05, 3.63) is 49.0 Å². The molecule has 4 heteroatoms. The lowest BCUT2D eigenvalue weighted by atomic mass is 10.1. The number of nitrogens with one attached hydrogen (secondary N) is 1. The van der Waals surface area contributed by atoms with Gasteiger partial charge >= 0.3 is 0 Å². The topological polar surface area (TPSA) is 28.2 Å². The van der Waals surface area contributed by atoms with Crippen LogP contribution in [0.2, 0.25) is 0 Å². The molecule has 0 atom stereocenters. The molecule has 1 aromatic rings. The Hall–Kier alpha value is -1.68. The van der Waals surface area contributed by atoms with Crippen LogP contribution in [0, 0.1) is 5.82 Å². The first-order valence-electron chi connectivity index (χ1n) is 6.73. The number of hydrogen-bond donors (Lipinski definition) is 1. The minimum Gasteiger partial charge on any atom is -0.349 e. The maximum Gasteiger partial charge on any atom is 0.141 e. The van der Waals surface area contributed by atoms with E-state index in [0.717, 1.165) is 11.4 Å². The first-order chi connectivity index (χ1) is 9.37. The van der Waals surface area contributed by atoms with Gasteiger partial charge in [0.25, 0.3) is 0 Å². The van der Waals surface area contributed by atoms with Crippen LogP contribution in [0.5, 0.6) is 0 Å². The fraction of sp³-hybridized carbons (Fsp3) is 0.438. The average Bonchev–Trinajstić information content (AvgIpc) is 2.35. The molecule has 3 nitrogen and oxygen atoms in total. The van der Waals surface area contributed by atoms with Gasteiger partial charge in [-0.25, -0.2) is 9.37 Å². The molecule has 0 saturated heterocycles. The molecule has 0 aliphatic rings. The van der Waals surface area contributed by atoms with Crippen LogP contribution >= 0.6 is 0 Å². The highest BCUT2D eigenvalue weighted by Gasteiger charge is 2.15. The summed E-state index contributed by atoms with van der Waals surface area (Å²) in [6.45, 7) is 15.6. The number of rotatable bonds is 7. The molecular formula is C16H24FN3. The Labute approximate surface area is 121 Å². The monoisotopic (exact) mass is 277 g/mol. The summed E-state index contributed by atoms with van der Waals surface area (Å²) in [6, 6.07) is 1.53. The van der Waals surface area contributed by atoms with Gasteiger partial charge in [0.15, 0.2) is 0 Å². The van der Waals surface area contributed by atoms with Crippen LogP contribution in [0.3, 0.4) is 0 Å². The molecule has 0 unspecified atom stereocenters. The summed E-state index contributed by atoms with van der Waals surface area (Å²) in [6.07, 6.45) is 4.85. The smallest absolute Gasteiger partial charge is 0.141 e. The van der Waals surface area contributed by atoms with Crippen LogP contribution < -0.4 is 10.2 Å². The second-order valence-corrected chi connectivity index (χ2v) is 5.72. The molecule has 1 rings (SSSR count). The van der Waals surface area contributed by atoms with Gasteiger partial charge in [0.2, 0.25) is 0 Å². The number of pyridine rings is 1. The van der Waals surface area contributed by atoms with Crippen molar-refractivity contribution in [3.63, 3.8) is 0 Å². The molecule has 110 valence electrons. The maximum atomic E-state index is 13.5. The molecule has 0 bridgehead atoms. The number of hydrogen-bond acceptors (Lipinski definition) is 3. The van der Waals surface area contributed by atoms with E-state index in [0.29, 0.717) is 19.6 Å². The zero-order chi connectivity index (χ0) is 15.2. The fourth-order valence-corrected chi connectivity index (χ4v) is 1.81.